The number of para-hydroxylation sites is 2. The molecule has 6 heteroatoms. The van der Waals surface area contributed by atoms with Crippen LogP contribution < -0.4 is 14.8 Å². The monoisotopic (exact) mass is 380 g/mol. The van der Waals surface area contributed by atoms with Crippen LogP contribution in [0.15, 0.2) is 54.7 Å². The summed E-state index contributed by atoms with van der Waals surface area (Å²) in [5.41, 5.74) is 2.46. The maximum Gasteiger partial charge on any atom is 0.271 e. The number of aryl methyl sites for hydroxylation is 1. The largest absolute Gasteiger partial charge is 0.482 e. The first-order chi connectivity index (χ1) is 13.1. The fourth-order valence-corrected chi connectivity index (χ4v) is 3.79. The molecule has 2 atom stereocenters. The molecule has 0 unspecified atom stereocenters. The van der Waals surface area contributed by atoms with Crippen LogP contribution in [0.4, 0.5) is 5.13 Å². The van der Waals surface area contributed by atoms with Gasteiger partial charge in [0, 0.05) is 17.5 Å². The van der Waals surface area contributed by atoms with E-state index in [1.54, 1.807) is 12.3 Å². The van der Waals surface area contributed by atoms with Gasteiger partial charge >= 0.3 is 0 Å². The van der Waals surface area contributed by atoms with E-state index in [1.165, 1.54) is 22.5 Å². The quantitative estimate of drug-likeness (QED) is 0.737. The van der Waals surface area contributed by atoms with Crippen LogP contribution in [0.1, 0.15) is 22.9 Å². The number of hydrogen-bond donors (Lipinski definition) is 1. The first-order valence-electron chi connectivity index (χ1n) is 8.82. The summed E-state index contributed by atoms with van der Waals surface area (Å²) in [6.45, 7) is 3.89. The molecule has 0 saturated carbocycles. The van der Waals surface area contributed by atoms with Crippen molar-refractivity contribution in [1.82, 2.24) is 4.98 Å². The molecule has 1 aliphatic rings. The predicted octanol–water partition coefficient (Wildman–Crippen LogP) is 4.21. The molecule has 0 fully saturated rings. The summed E-state index contributed by atoms with van der Waals surface area (Å²) in [6.07, 6.45) is 1.49. The van der Waals surface area contributed by atoms with Gasteiger partial charge in [-0.25, -0.2) is 4.98 Å². The third-order valence-corrected chi connectivity index (χ3v) is 5.30. The van der Waals surface area contributed by atoms with Crippen molar-refractivity contribution in [3.63, 3.8) is 0 Å². The van der Waals surface area contributed by atoms with Crippen LogP contribution in [0.3, 0.4) is 0 Å². The zero-order valence-electron chi connectivity index (χ0n) is 15.1. The lowest BCUT2D eigenvalue weighted by atomic mass is 10.1. The number of carbonyl (C=O) groups is 1. The van der Waals surface area contributed by atoms with Gasteiger partial charge in [0.05, 0.1) is 0 Å². The van der Waals surface area contributed by atoms with Crippen molar-refractivity contribution in [3.8, 4) is 11.5 Å². The average molecular weight is 380 g/mol. The molecule has 3 aromatic rings. The normalized spacial score (nSPS) is 18.1. The number of nitrogens with one attached hydrogen (secondary N) is 1. The molecule has 5 nitrogen and oxygen atoms in total. The topological polar surface area (TPSA) is 60.5 Å². The van der Waals surface area contributed by atoms with Crippen molar-refractivity contribution in [2.24, 2.45) is 0 Å². The van der Waals surface area contributed by atoms with E-state index in [-0.39, 0.29) is 12.0 Å². The molecule has 0 bridgehead atoms. The van der Waals surface area contributed by atoms with Crippen molar-refractivity contribution in [1.29, 1.82) is 0 Å². The Morgan fingerprint density at radius 1 is 1.11 bits per heavy atom. The van der Waals surface area contributed by atoms with Crippen molar-refractivity contribution >= 4 is 22.4 Å². The summed E-state index contributed by atoms with van der Waals surface area (Å²) < 4.78 is 11.6. The van der Waals surface area contributed by atoms with Gasteiger partial charge < -0.3 is 9.47 Å². The van der Waals surface area contributed by atoms with Crippen LogP contribution in [-0.2, 0) is 11.2 Å². The summed E-state index contributed by atoms with van der Waals surface area (Å²) >= 11 is 1.47. The standard InChI is InChI=1S/C21H20N2O3S/c1-13-7-9-15(10-8-13)11-16-12-22-21(27-16)23-20(24)19-14(2)25-17-5-3-4-6-18(17)26-19/h3-10,12,14,19H,11H2,1-2H3,(H,22,23,24)/t14-,19+/m0/s1. The van der Waals surface area contributed by atoms with Crippen LogP contribution in [-0.4, -0.2) is 23.1 Å². The number of carbonyl (C=O) groups excluding carboxylic acids is 1. The Morgan fingerprint density at radius 2 is 1.81 bits per heavy atom. The van der Waals surface area contributed by atoms with Gasteiger partial charge in [-0.05, 0) is 31.5 Å². The number of ether oxygens (including phenoxy) is 2. The summed E-state index contributed by atoms with van der Waals surface area (Å²) in [5, 5.41) is 3.42. The lowest BCUT2D eigenvalue weighted by molar-refractivity contribution is -0.128. The number of nitrogens with zero attached hydrogens (tertiary/aromatic N) is 1. The van der Waals surface area contributed by atoms with Crippen molar-refractivity contribution < 1.29 is 14.3 Å². The van der Waals surface area contributed by atoms with Gasteiger partial charge in [-0.1, -0.05) is 42.0 Å². The van der Waals surface area contributed by atoms with Gasteiger partial charge in [-0.15, -0.1) is 11.3 Å². The van der Waals surface area contributed by atoms with E-state index in [2.05, 4.69) is 41.5 Å². The summed E-state index contributed by atoms with van der Waals surface area (Å²) in [4.78, 5) is 18.1. The van der Waals surface area contributed by atoms with Gasteiger partial charge in [-0.2, -0.15) is 0 Å². The maximum atomic E-state index is 12.6. The molecule has 4 rings (SSSR count). The van der Waals surface area contributed by atoms with Crippen LogP contribution in [0.2, 0.25) is 0 Å². The summed E-state index contributed by atoms with van der Waals surface area (Å²) in [7, 11) is 0. The molecule has 1 aromatic heterocycles. The number of amides is 1. The molecule has 2 heterocycles. The van der Waals surface area contributed by atoms with E-state index in [1.807, 2.05) is 25.1 Å². The van der Waals surface area contributed by atoms with Crippen LogP contribution in [0, 0.1) is 6.92 Å². The van der Waals surface area contributed by atoms with Crippen LogP contribution in [0.25, 0.3) is 0 Å². The minimum absolute atomic E-state index is 0.256. The molecule has 1 amide bonds. The second-order valence-corrected chi connectivity index (χ2v) is 7.71. The SMILES string of the molecule is Cc1ccc(Cc2cnc(NC(=O)[C@@H]3Oc4ccccc4O[C@H]3C)s2)cc1. The Morgan fingerprint density at radius 3 is 2.56 bits per heavy atom. The highest BCUT2D eigenvalue weighted by molar-refractivity contribution is 7.15. The van der Waals surface area contributed by atoms with Gasteiger partial charge in [-0.3, -0.25) is 10.1 Å². The molecule has 0 radical (unpaired) electrons. The number of aromatic nitrogens is 1. The molecule has 0 saturated heterocycles. The fraction of sp³-hybridized carbons (Fsp3) is 0.238. The number of hydrogen-bond acceptors (Lipinski definition) is 5. The maximum absolute atomic E-state index is 12.6. The highest BCUT2D eigenvalue weighted by atomic mass is 32.1. The van der Waals surface area contributed by atoms with Crippen LogP contribution >= 0.6 is 11.3 Å². The Balaban J connectivity index is 1.41. The third-order valence-electron chi connectivity index (χ3n) is 4.38. The number of benzene rings is 2. The molecule has 138 valence electrons. The van der Waals surface area contributed by atoms with Gasteiger partial charge in [0.15, 0.2) is 16.6 Å². The Kier molecular flexibility index (Phi) is 4.81. The molecule has 2 aromatic carbocycles. The second-order valence-electron chi connectivity index (χ2n) is 6.59. The lowest BCUT2D eigenvalue weighted by Gasteiger charge is -2.30. The second kappa shape index (κ2) is 7.40. The van der Waals surface area contributed by atoms with Gasteiger partial charge in [0.2, 0.25) is 6.10 Å². The van der Waals surface area contributed by atoms with E-state index < -0.39 is 6.10 Å². The zero-order chi connectivity index (χ0) is 18.8. The lowest BCUT2D eigenvalue weighted by Crippen LogP contribution is -2.46. The van der Waals surface area contributed by atoms with E-state index in [4.69, 9.17) is 9.47 Å². The minimum Gasteiger partial charge on any atom is -0.482 e. The van der Waals surface area contributed by atoms with E-state index in [0.29, 0.717) is 16.6 Å². The molecule has 1 aliphatic heterocycles. The van der Waals surface area contributed by atoms with Crippen molar-refractivity contribution in [3.05, 3.63) is 70.7 Å². The fourth-order valence-electron chi connectivity index (χ4n) is 2.94. The molecular weight excluding hydrogens is 360 g/mol. The van der Waals surface area contributed by atoms with Crippen LogP contribution in [0.5, 0.6) is 11.5 Å². The average Bonchev–Trinajstić information content (AvgIpc) is 3.09. The molecule has 1 N–H and O–H groups in total. The third kappa shape index (κ3) is 3.95. The summed E-state index contributed by atoms with van der Waals surface area (Å²) in [5.74, 6) is 0.979. The zero-order valence-corrected chi connectivity index (χ0v) is 16.0. The van der Waals surface area contributed by atoms with E-state index >= 15 is 0 Å². The smallest absolute Gasteiger partial charge is 0.271 e. The number of thiazole rings is 1. The molecule has 0 spiro atoms. The van der Waals surface area contributed by atoms with Crippen molar-refractivity contribution in [2.75, 3.05) is 5.32 Å². The van der Waals surface area contributed by atoms with E-state index in [9.17, 15) is 4.79 Å². The number of anilines is 1. The first kappa shape index (κ1) is 17.5. The highest BCUT2D eigenvalue weighted by Gasteiger charge is 2.34. The number of rotatable bonds is 4. The first-order valence-corrected chi connectivity index (χ1v) is 9.63. The van der Waals surface area contributed by atoms with Gasteiger partial charge in [0.25, 0.3) is 5.91 Å². The van der Waals surface area contributed by atoms with Gasteiger partial charge in [0.1, 0.15) is 6.10 Å². The molecule has 27 heavy (non-hydrogen) atoms. The van der Waals surface area contributed by atoms with Crippen molar-refractivity contribution in [2.45, 2.75) is 32.5 Å². The highest BCUT2D eigenvalue weighted by Crippen LogP contribution is 2.34. The number of fused-ring (bicyclic) bond motifs is 1. The molecule has 0 aliphatic carbocycles. The summed E-state index contributed by atoms with van der Waals surface area (Å²) in [6, 6.07) is 15.8. The molecular formula is C21H20N2O3S. The van der Waals surface area contributed by atoms with E-state index in [0.717, 1.165) is 11.3 Å². The Bertz CT molecular complexity index is 952. The predicted molar refractivity (Wildman–Crippen MR) is 106 cm³/mol. The minimum atomic E-state index is -0.718. The Hall–Kier alpha value is -2.86. The Labute approximate surface area is 162 Å².